The second-order valence-corrected chi connectivity index (χ2v) is 7.19. The van der Waals surface area contributed by atoms with Gasteiger partial charge in [-0.2, -0.15) is 5.10 Å². The van der Waals surface area contributed by atoms with Crippen LogP contribution in [0.1, 0.15) is 72.1 Å². The van der Waals surface area contributed by atoms with Gasteiger partial charge in [0.2, 0.25) is 0 Å². The molecule has 1 saturated carbocycles. The molecule has 1 atom stereocenters. The van der Waals surface area contributed by atoms with Crippen LogP contribution in [0.4, 0.5) is 4.79 Å². The minimum absolute atomic E-state index is 0.171. The average Bonchev–Trinajstić information content (AvgIpc) is 2.72. The second-order valence-electron chi connectivity index (χ2n) is 7.19. The number of allylic oxidation sites excluding steroid dienone is 2. The number of hydrogen-bond acceptors (Lipinski definition) is 3. The summed E-state index contributed by atoms with van der Waals surface area (Å²) in [6.45, 7) is 6.37. The van der Waals surface area contributed by atoms with Gasteiger partial charge < -0.3 is 5.32 Å². The van der Waals surface area contributed by atoms with E-state index in [0.29, 0.717) is 5.92 Å². The number of hydrazone groups is 1. The molecule has 1 N–H and O–H groups in total. The molecular weight excluding hydrogens is 290 g/mol. The number of hydrogen-bond donors (Lipinski definition) is 1. The standard InChI is InChI=1S/C18H29N3O2/c1-14(2)8-7-9-15(3)10-13-19-21-16(22)18(20-17(21)23)11-5-4-6-12-18/h8,13,15H,4-7,9-12H2,1-3H3,(H,20,23)/b19-13-/t15-/m1/s1. The first-order valence-electron chi connectivity index (χ1n) is 8.77. The fraction of sp³-hybridized carbons (Fsp3) is 0.722. The van der Waals surface area contributed by atoms with Crippen molar-refractivity contribution < 1.29 is 9.59 Å². The molecule has 1 spiro atoms. The maximum Gasteiger partial charge on any atom is 0.346 e. The van der Waals surface area contributed by atoms with Gasteiger partial charge in [-0.25, -0.2) is 4.79 Å². The Morgan fingerprint density at radius 2 is 2.00 bits per heavy atom. The first-order chi connectivity index (χ1) is 10.9. The van der Waals surface area contributed by atoms with Crippen molar-refractivity contribution in [3.8, 4) is 0 Å². The third-order valence-electron chi connectivity index (χ3n) is 4.76. The van der Waals surface area contributed by atoms with Crippen molar-refractivity contribution in [3.05, 3.63) is 11.6 Å². The van der Waals surface area contributed by atoms with Crippen molar-refractivity contribution in [3.63, 3.8) is 0 Å². The van der Waals surface area contributed by atoms with Crippen LogP contribution in [-0.2, 0) is 4.79 Å². The number of nitrogens with zero attached hydrogens (tertiary/aromatic N) is 2. The quantitative estimate of drug-likeness (QED) is 0.457. The molecule has 2 fully saturated rings. The Morgan fingerprint density at radius 3 is 2.65 bits per heavy atom. The van der Waals surface area contributed by atoms with Gasteiger partial charge in [0.15, 0.2) is 0 Å². The van der Waals surface area contributed by atoms with E-state index in [4.69, 9.17) is 0 Å². The highest BCUT2D eigenvalue weighted by Gasteiger charge is 2.51. The van der Waals surface area contributed by atoms with Crippen LogP contribution in [0.15, 0.2) is 16.8 Å². The molecule has 5 heteroatoms. The Kier molecular flexibility index (Phi) is 5.97. The minimum atomic E-state index is -0.679. The van der Waals surface area contributed by atoms with E-state index in [9.17, 15) is 9.59 Å². The number of rotatable bonds is 6. The number of nitrogens with one attached hydrogen (secondary N) is 1. The molecule has 0 aromatic carbocycles. The highest BCUT2D eigenvalue weighted by atomic mass is 16.2. The largest absolute Gasteiger partial charge is 0.346 e. The molecule has 0 aromatic rings. The highest BCUT2D eigenvalue weighted by Crippen LogP contribution is 2.33. The smallest absolute Gasteiger partial charge is 0.321 e. The van der Waals surface area contributed by atoms with Crippen LogP contribution in [0, 0.1) is 5.92 Å². The molecule has 3 amide bonds. The van der Waals surface area contributed by atoms with Crippen LogP contribution in [0.3, 0.4) is 0 Å². The van der Waals surface area contributed by atoms with E-state index in [1.807, 2.05) is 0 Å². The number of amides is 3. The summed E-state index contributed by atoms with van der Waals surface area (Å²) in [6, 6.07) is -0.370. The molecule has 23 heavy (non-hydrogen) atoms. The lowest BCUT2D eigenvalue weighted by atomic mass is 9.82. The molecule has 5 nitrogen and oxygen atoms in total. The van der Waals surface area contributed by atoms with E-state index >= 15 is 0 Å². The summed E-state index contributed by atoms with van der Waals surface area (Å²) in [5, 5.41) is 8.06. The Hall–Kier alpha value is -1.65. The molecule has 0 unspecified atom stereocenters. The third-order valence-corrected chi connectivity index (χ3v) is 4.76. The number of carbonyl (C=O) groups excluding carboxylic acids is 2. The fourth-order valence-corrected chi connectivity index (χ4v) is 3.29. The van der Waals surface area contributed by atoms with Gasteiger partial charge in [-0.3, -0.25) is 4.79 Å². The topological polar surface area (TPSA) is 61.8 Å². The predicted octanol–water partition coefficient (Wildman–Crippen LogP) is 4.00. The first-order valence-corrected chi connectivity index (χ1v) is 8.77. The summed E-state index contributed by atoms with van der Waals surface area (Å²) >= 11 is 0. The van der Waals surface area contributed by atoms with Crippen molar-refractivity contribution in [2.75, 3.05) is 0 Å². The summed E-state index contributed by atoms with van der Waals surface area (Å²) in [5.41, 5.74) is 0.657. The predicted molar refractivity (Wildman–Crippen MR) is 92.1 cm³/mol. The summed E-state index contributed by atoms with van der Waals surface area (Å²) in [4.78, 5) is 24.6. The van der Waals surface area contributed by atoms with Crippen LogP contribution in [0.5, 0.6) is 0 Å². The lowest BCUT2D eigenvalue weighted by Crippen LogP contribution is -2.48. The molecule has 0 radical (unpaired) electrons. The van der Waals surface area contributed by atoms with Gasteiger partial charge in [0, 0.05) is 6.21 Å². The van der Waals surface area contributed by atoms with Crippen molar-refractivity contribution in [2.45, 2.75) is 77.7 Å². The molecule has 1 aliphatic heterocycles. The molecule has 2 aliphatic rings. The maximum atomic E-state index is 12.5. The normalized spacial score (nSPS) is 21.8. The SMILES string of the molecule is CC(C)=CCC[C@@H](C)C/C=N\N1C(=O)NC2(CCCCC2)C1=O. The number of urea groups is 1. The molecule has 1 heterocycles. The Bertz CT molecular complexity index is 500. The van der Waals surface area contributed by atoms with Gasteiger partial charge in [0.1, 0.15) is 5.54 Å². The van der Waals surface area contributed by atoms with Gasteiger partial charge in [-0.1, -0.05) is 37.8 Å². The molecule has 0 bridgehead atoms. The van der Waals surface area contributed by atoms with Crippen molar-refractivity contribution >= 4 is 18.2 Å². The van der Waals surface area contributed by atoms with Crippen LogP contribution < -0.4 is 5.32 Å². The van der Waals surface area contributed by atoms with E-state index in [0.717, 1.165) is 56.4 Å². The first kappa shape index (κ1) is 17.7. The summed E-state index contributed by atoms with van der Waals surface area (Å²) in [5.74, 6) is 0.314. The van der Waals surface area contributed by atoms with E-state index in [2.05, 4.69) is 37.3 Å². The molecular formula is C18H29N3O2. The summed E-state index contributed by atoms with van der Waals surface area (Å²) in [7, 11) is 0. The van der Waals surface area contributed by atoms with Crippen LogP contribution in [0.2, 0.25) is 0 Å². The molecule has 1 saturated heterocycles. The van der Waals surface area contributed by atoms with Crippen LogP contribution in [-0.4, -0.2) is 28.7 Å². The van der Waals surface area contributed by atoms with Gasteiger partial charge in [-0.15, -0.1) is 5.01 Å². The second kappa shape index (κ2) is 7.75. The van der Waals surface area contributed by atoms with Gasteiger partial charge >= 0.3 is 6.03 Å². The fourth-order valence-electron chi connectivity index (χ4n) is 3.29. The van der Waals surface area contributed by atoms with Crippen LogP contribution in [0.25, 0.3) is 0 Å². The maximum absolute atomic E-state index is 12.5. The zero-order valence-corrected chi connectivity index (χ0v) is 14.6. The Labute approximate surface area is 139 Å². The van der Waals surface area contributed by atoms with Crippen molar-refractivity contribution in [1.29, 1.82) is 0 Å². The highest BCUT2D eigenvalue weighted by molar-refractivity contribution is 6.07. The van der Waals surface area contributed by atoms with Gasteiger partial charge in [0.25, 0.3) is 5.91 Å². The molecule has 0 aromatic heterocycles. The summed E-state index contributed by atoms with van der Waals surface area (Å²) < 4.78 is 0. The van der Waals surface area contributed by atoms with Gasteiger partial charge in [-0.05, 0) is 51.9 Å². The van der Waals surface area contributed by atoms with Crippen molar-refractivity contribution in [2.24, 2.45) is 11.0 Å². The monoisotopic (exact) mass is 319 g/mol. The molecule has 1 aliphatic carbocycles. The number of imide groups is 1. The lowest BCUT2D eigenvalue weighted by molar-refractivity contribution is -0.132. The Balaban J connectivity index is 1.86. The van der Waals surface area contributed by atoms with E-state index < -0.39 is 5.54 Å². The van der Waals surface area contributed by atoms with E-state index in [1.54, 1.807) is 6.21 Å². The molecule has 2 rings (SSSR count). The minimum Gasteiger partial charge on any atom is -0.321 e. The molecule has 128 valence electrons. The van der Waals surface area contributed by atoms with Crippen molar-refractivity contribution in [1.82, 2.24) is 10.3 Å². The van der Waals surface area contributed by atoms with E-state index in [-0.39, 0.29) is 11.9 Å². The zero-order valence-electron chi connectivity index (χ0n) is 14.6. The average molecular weight is 319 g/mol. The number of carbonyl (C=O) groups is 2. The summed E-state index contributed by atoms with van der Waals surface area (Å²) in [6.07, 6.45) is 11.5. The van der Waals surface area contributed by atoms with Gasteiger partial charge in [0.05, 0.1) is 0 Å². The Morgan fingerprint density at radius 1 is 1.30 bits per heavy atom. The van der Waals surface area contributed by atoms with E-state index in [1.165, 1.54) is 5.57 Å². The van der Waals surface area contributed by atoms with Crippen LogP contribution >= 0.6 is 0 Å². The zero-order chi connectivity index (χ0) is 16.9. The lowest BCUT2D eigenvalue weighted by Gasteiger charge is -2.29. The third kappa shape index (κ3) is 4.43.